The Morgan fingerprint density at radius 1 is 0.733 bits per heavy atom. The molecule has 4 fully saturated rings. The fraction of sp³-hybridized carbons (Fsp3) is 0.769. The lowest BCUT2D eigenvalue weighted by Crippen LogP contribution is -2.57. The highest BCUT2D eigenvalue weighted by Gasteiger charge is 2.64. The van der Waals surface area contributed by atoms with Gasteiger partial charge < -0.3 is 10.2 Å². The number of Topliss-reactive ketones (excluding diaryl/α,β-unsaturated/α-hetero) is 2. The molecule has 0 unspecified atom stereocenters. The number of hydrogen-bond acceptors (Lipinski definition) is 4. The van der Waals surface area contributed by atoms with Crippen LogP contribution in [0.2, 0.25) is 0 Å². The van der Waals surface area contributed by atoms with Crippen molar-refractivity contribution in [3.8, 4) is 0 Å². The number of hydrogen-bond donors (Lipinski definition) is 2. The van der Waals surface area contributed by atoms with Crippen molar-refractivity contribution in [3.05, 3.63) is 24.3 Å². The van der Waals surface area contributed by atoms with Gasteiger partial charge in [0.05, 0.1) is 10.8 Å². The number of rotatable bonds is 0. The maximum atomic E-state index is 12.2. The Balaban J connectivity index is 0.000000128. The highest BCUT2D eigenvalue weighted by Crippen LogP contribution is 2.63. The maximum absolute atomic E-state index is 12.2. The van der Waals surface area contributed by atoms with Crippen molar-refractivity contribution in [2.45, 2.75) is 78.4 Å². The Kier molecular flexibility index (Phi) is 4.24. The minimum Gasteiger partial charge on any atom is -0.384 e. The van der Waals surface area contributed by atoms with E-state index >= 15 is 0 Å². The summed E-state index contributed by atoms with van der Waals surface area (Å²) in [5.41, 5.74) is -1.17. The van der Waals surface area contributed by atoms with Crippen LogP contribution in [0.1, 0.15) is 66.2 Å². The fourth-order valence-corrected chi connectivity index (χ4v) is 7.95. The lowest BCUT2D eigenvalue weighted by molar-refractivity contribution is -0.153. The molecule has 164 valence electrons. The van der Waals surface area contributed by atoms with Crippen molar-refractivity contribution in [1.29, 1.82) is 0 Å². The lowest BCUT2D eigenvalue weighted by Gasteiger charge is -2.52. The zero-order valence-corrected chi connectivity index (χ0v) is 18.7. The second kappa shape index (κ2) is 6.16. The van der Waals surface area contributed by atoms with Crippen molar-refractivity contribution in [3.63, 3.8) is 0 Å². The molecule has 10 atom stereocenters. The number of fused-ring (bicyclic) bond motifs is 2. The summed E-state index contributed by atoms with van der Waals surface area (Å²) >= 11 is 0. The van der Waals surface area contributed by atoms with Crippen molar-refractivity contribution in [1.82, 2.24) is 0 Å². The summed E-state index contributed by atoms with van der Waals surface area (Å²) in [4.78, 5) is 24.5. The number of ketones is 2. The van der Waals surface area contributed by atoms with Gasteiger partial charge in [-0.3, -0.25) is 9.59 Å². The summed E-state index contributed by atoms with van der Waals surface area (Å²) in [5, 5.41) is 20.1. The molecule has 0 aromatic heterocycles. The second-order valence-corrected chi connectivity index (χ2v) is 11.9. The quantitative estimate of drug-likeness (QED) is 0.593. The van der Waals surface area contributed by atoms with Crippen molar-refractivity contribution < 1.29 is 19.8 Å². The number of aliphatic hydroxyl groups is 2. The zero-order chi connectivity index (χ0) is 21.7. The van der Waals surface area contributed by atoms with Crippen LogP contribution in [-0.2, 0) is 9.59 Å². The standard InChI is InChI=1S/2C13H18O2/c2*1-8-3-4-13-6-5-12(2,7-9(8)13)10(14)11(13)15/h2*5-6,8-10,14H,3-4,7H2,1-2H3/t2*8-,9+,10-,12+,13-/m11/s1. The Morgan fingerprint density at radius 3 is 1.47 bits per heavy atom. The Bertz CT molecular complexity index is 789. The molecular formula is C26H36O4. The summed E-state index contributed by atoms with van der Waals surface area (Å²) in [5.74, 6) is 2.39. The van der Waals surface area contributed by atoms with Gasteiger partial charge in [0, 0.05) is 10.8 Å². The van der Waals surface area contributed by atoms with Gasteiger partial charge in [-0.15, -0.1) is 0 Å². The number of allylic oxidation sites excluding steroid dienone is 2. The predicted molar refractivity (Wildman–Crippen MR) is 114 cm³/mol. The van der Waals surface area contributed by atoms with E-state index in [-0.39, 0.29) is 33.2 Å². The fourth-order valence-electron chi connectivity index (χ4n) is 7.95. The van der Waals surface area contributed by atoms with Gasteiger partial charge in [-0.05, 0) is 62.2 Å². The van der Waals surface area contributed by atoms with E-state index in [1.54, 1.807) is 0 Å². The first kappa shape index (κ1) is 20.6. The van der Waals surface area contributed by atoms with E-state index < -0.39 is 12.2 Å². The summed E-state index contributed by atoms with van der Waals surface area (Å²) in [6.07, 6.45) is 13.0. The number of carbonyl (C=O) groups excluding carboxylic acids is 2. The molecule has 0 radical (unpaired) electrons. The first-order chi connectivity index (χ1) is 14.0. The highest BCUT2D eigenvalue weighted by molar-refractivity contribution is 5.95. The summed E-state index contributed by atoms with van der Waals surface area (Å²) in [6.45, 7) is 8.52. The van der Waals surface area contributed by atoms with E-state index in [0.717, 1.165) is 38.5 Å². The minimum atomic E-state index is -0.760. The van der Waals surface area contributed by atoms with Crippen LogP contribution in [0.4, 0.5) is 0 Å². The van der Waals surface area contributed by atoms with Crippen LogP contribution in [0.15, 0.2) is 24.3 Å². The molecule has 0 aliphatic heterocycles. The van der Waals surface area contributed by atoms with Gasteiger partial charge in [0.25, 0.3) is 0 Å². The molecule has 0 aromatic rings. The lowest BCUT2D eigenvalue weighted by atomic mass is 9.52. The van der Waals surface area contributed by atoms with E-state index in [9.17, 15) is 19.8 Å². The Labute approximate surface area is 179 Å². The Morgan fingerprint density at radius 2 is 1.10 bits per heavy atom. The van der Waals surface area contributed by atoms with Gasteiger partial charge in [-0.25, -0.2) is 0 Å². The van der Waals surface area contributed by atoms with Gasteiger partial charge >= 0.3 is 0 Å². The topological polar surface area (TPSA) is 74.6 Å². The molecule has 8 aliphatic rings. The summed E-state index contributed by atoms with van der Waals surface area (Å²) in [7, 11) is 0. The van der Waals surface area contributed by atoms with E-state index in [1.807, 2.05) is 13.8 Å². The van der Waals surface area contributed by atoms with Crippen molar-refractivity contribution in [2.75, 3.05) is 0 Å². The molecule has 8 rings (SSSR count). The van der Waals surface area contributed by atoms with Crippen molar-refractivity contribution >= 4 is 11.6 Å². The molecule has 0 amide bonds. The van der Waals surface area contributed by atoms with E-state index in [0.29, 0.717) is 23.7 Å². The van der Waals surface area contributed by atoms with E-state index in [4.69, 9.17) is 0 Å². The van der Waals surface area contributed by atoms with Crippen LogP contribution in [0, 0.1) is 45.3 Å². The van der Waals surface area contributed by atoms with E-state index in [2.05, 4.69) is 38.2 Å². The summed E-state index contributed by atoms with van der Waals surface area (Å²) in [6, 6.07) is 0. The van der Waals surface area contributed by atoms with Crippen LogP contribution in [0.5, 0.6) is 0 Å². The average molecular weight is 413 g/mol. The van der Waals surface area contributed by atoms with Crippen LogP contribution in [-0.4, -0.2) is 34.0 Å². The van der Waals surface area contributed by atoms with Gasteiger partial charge in [-0.2, -0.15) is 0 Å². The van der Waals surface area contributed by atoms with Gasteiger partial charge in [0.2, 0.25) is 0 Å². The third-order valence-electron chi connectivity index (χ3n) is 10.2. The molecule has 8 aliphatic carbocycles. The predicted octanol–water partition coefficient (Wildman–Crippen LogP) is 3.86. The van der Waals surface area contributed by atoms with Crippen LogP contribution in [0.25, 0.3) is 0 Å². The monoisotopic (exact) mass is 412 g/mol. The maximum Gasteiger partial charge on any atom is 0.172 e. The third-order valence-corrected chi connectivity index (χ3v) is 10.2. The number of carbonyl (C=O) groups is 2. The summed E-state index contributed by atoms with van der Waals surface area (Å²) < 4.78 is 0. The smallest absolute Gasteiger partial charge is 0.172 e. The molecule has 0 heterocycles. The molecule has 2 spiro atoms. The zero-order valence-electron chi connectivity index (χ0n) is 18.7. The second-order valence-electron chi connectivity index (χ2n) is 11.9. The van der Waals surface area contributed by atoms with E-state index in [1.165, 1.54) is 0 Å². The Hall–Kier alpha value is -1.26. The molecule has 2 N–H and O–H groups in total. The van der Waals surface area contributed by atoms with Crippen LogP contribution >= 0.6 is 0 Å². The number of aliphatic hydroxyl groups excluding tert-OH is 2. The highest BCUT2D eigenvalue weighted by atomic mass is 16.3. The largest absolute Gasteiger partial charge is 0.384 e. The molecule has 4 nitrogen and oxygen atoms in total. The molecule has 4 saturated carbocycles. The SMILES string of the molecule is C[C@@H]1CC[C@@]23C=C[C@@](C)(C[C@@H]12)[C@H](O)C3=O.C[C@@H]1CC[C@@]23C=C[C@@](C)(C[C@@H]12)[C@H](O)C3=O. The molecule has 0 saturated heterocycles. The first-order valence-corrected chi connectivity index (χ1v) is 11.8. The first-order valence-electron chi connectivity index (χ1n) is 11.8. The normalized spacial score (nSPS) is 57.3. The van der Waals surface area contributed by atoms with Gasteiger partial charge in [-0.1, -0.05) is 52.0 Å². The van der Waals surface area contributed by atoms with Crippen LogP contribution in [0.3, 0.4) is 0 Å². The third kappa shape index (κ3) is 2.35. The van der Waals surface area contributed by atoms with Crippen molar-refractivity contribution in [2.24, 2.45) is 45.3 Å². The molecule has 4 heteroatoms. The molecule has 0 aromatic carbocycles. The minimum absolute atomic E-state index is 0.0908. The van der Waals surface area contributed by atoms with Gasteiger partial charge in [0.15, 0.2) is 11.6 Å². The molecular weight excluding hydrogens is 376 g/mol. The molecule has 4 bridgehead atoms. The average Bonchev–Trinajstić information content (AvgIpc) is 3.23. The van der Waals surface area contributed by atoms with Gasteiger partial charge in [0.1, 0.15) is 12.2 Å². The van der Waals surface area contributed by atoms with Crippen LogP contribution < -0.4 is 0 Å². The molecule has 30 heavy (non-hydrogen) atoms.